The van der Waals surface area contributed by atoms with Gasteiger partial charge in [0.1, 0.15) is 0 Å². The summed E-state index contributed by atoms with van der Waals surface area (Å²) in [5, 5.41) is 3.40. The Morgan fingerprint density at radius 3 is 3.06 bits per heavy atom. The first-order valence-corrected chi connectivity index (χ1v) is 7.17. The predicted octanol–water partition coefficient (Wildman–Crippen LogP) is 2.85. The minimum atomic E-state index is -0.204. The van der Waals surface area contributed by atoms with E-state index in [-0.39, 0.29) is 17.9 Å². The van der Waals surface area contributed by atoms with Crippen molar-refractivity contribution in [2.24, 2.45) is 0 Å². The Balaban J connectivity index is 2.25. The number of esters is 1. The van der Waals surface area contributed by atoms with Gasteiger partial charge >= 0.3 is 5.97 Å². The second kappa shape index (κ2) is 6.34. The van der Waals surface area contributed by atoms with Crippen molar-refractivity contribution >= 4 is 21.9 Å². The molecule has 0 radical (unpaired) electrons. The monoisotopic (exact) mass is 311 g/mol. The Morgan fingerprint density at radius 1 is 1.61 bits per heavy atom. The summed E-state index contributed by atoms with van der Waals surface area (Å²) in [6.07, 6.45) is 2.14. The van der Waals surface area contributed by atoms with E-state index in [9.17, 15) is 4.79 Å². The molecule has 0 aromatic heterocycles. The van der Waals surface area contributed by atoms with E-state index in [1.165, 1.54) is 0 Å². The average molecular weight is 312 g/mol. The number of hydrogen-bond acceptors (Lipinski definition) is 3. The van der Waals surface area contributed by atoms with Gasteiger partial charge < -0.3 is 10.1 Å². The molecule has 1 N–H and O–H groups in total. The molecule has 2 rings (SSSR count). The van der Waals surface area contributed by atoms with Gasteiger partial charge in [0.05, 0.1) is 12.5 Å². The normalized spacial score (nSPS) is 20.7. The van der Waals surface area contributed by atoms with Gasteiger partial charge in [0.2, 0.25) is 0 Å². The zero-order valence-corrected chi connectivity index (χ0v) is 12.1. The number of benzene rings is 1. The third-order valence-electron chi connectivity index (χ3n) is 3.25. The number of halogens is 1. The molecule has 0 bridgehead atoms. The molecule has 1 heterocycles. The van der Waals surface area contributed by atoms with Crippen molar-refractivity contribution in [3.05, 3.63) is 34.3 Å². The summed E-state index contributed by atoms with van der Waals surface area (Å²) in [6, 6.07) is 8.11. The van der Waals surface area contributed by atoms with Crippen LogP contribution >= 0.6 is 15.9 Å². The highest BCUT2D eigenvalue weighted by molar-refractivity contribution is 9.10. The highest BCUT2D eigenvalue weighted by Crippen LogP contribution is 2.28. The third-order valence-corrected chi connectivity index (χ3v) is 3.74. The van der Waals surface area contributed by atoms with E-state index in [2.05, 4.69) is 21.2 Å². The van der Waals surface area contributed by atoms with Crippen molar-refractivity contribution in [3.8, 4) is 0 Å². The summed E-state index contributed by atoms with van der Waals surface area (Å²) in [5.74, 6) is -0.333. The van der Waals surface area contributed by atoms with Gasteiger partial charge in [-0.2, -0.15) is 0 Å². The van der Waals surface area contributed by atoms with Crippen LogP contribution in [0, 0.1) is 0 Å². The van der Waals surface area contributed by atoms with Crippen LogP contribution in [0.3, 0.4) is 0 Å². The van der Waals surface area contributed by atoms with E-state index in [1.54, 1.807) is 0 Å². The maximum atomic E-state index is 12.2. The number of carbonyl (C=O) groups excluding carboxylic acids is 1. The molecular formula is C14H18BrNO2. The molecule has 0 amide bonds. The molecule has 1 fully saturated rings. The van der Waals surface area contributed by atoms with Crippen LogP contribution < -0.4 is 5.32 Å². The maximum absolute atomic E-state index is 12.2. The SMILES string of the molecule is CCOC(=O)[C@H](c1cccc(Br)c1)[C@@H]1CCCN1. The van der Waals surface area contributed by atoms with Crippen LogP contribution in [-0.2, 0) is 9.53 Å². The molecule has 0 saturated carbocycles. The van der Waals surface area contributed by atoms with Crippen molar-refractivity contribution < 1.29 is 9.53 Å². The Hall–Kier alpha value is -0.870. The van der Waals surface area contributed by atoms with Gasteiger partial charge in [-0.05, 0) is 44.0 Å². The molecule has 3 nitrogen and oxygen atoms in total. The first-order chi connectivity index (χ1) is 8.72. The molecule has 1 aliphatic heterocycles. The van der Waals surface area contributed by atoms with Gasteiger partial charge in [-0.3, -0.25) is 4.79 Å². The first kappa shape index (κ1) is 13.6. The van der Waals surface area contributed by atoms with Gasteiger partial charge in [-0.15, -0.1) is 0 Å². The van der Waals surface area contributed by atoms with Crippen molar-refractivity contribution in [2.75, 3.05) is 13.2 Å². The van der Waals surface area contributed by atoms with E-state index < -0.39 is 0 Å². The fraction of sp³-hybridized carbons (Fsp3) is 0.500. The Kier molecular flexibility index (Phi) is 4.78. The van der Waals surface area contributed by atoms with Crippen LogP contribution in [0.25, 0.3) is 0 Å². The molecule has 4 heteroatoms. The molecule has 98 valence electrons. The van der Waals surface area contributed by atoms with E-state index in [4.69, 9.17) is 4.74 Å². The van der Waals surface area contributed by atoms with E-state index >= 15 is 0 Å². The molecule has 1 aromatic carbocycles. The topological polar surface area (TPSA) is 38.3 Å². The number of nitrogens with one attached hydrogen (secondary N) is 1. The zero-order chi connectivity index (χ0) is 13.0. The average Bonchev–Trinajstić information content (AvgIpc) is 2.83. The number of hydrogen-bond donors (Lipinski definition) is 1. The van der Waals surface area contributed by atoms with Crippen molar-refractivity contribution in [2.45, 2.75) is 31.7 Å². The predicted molar refractivity (Wildman–Crippen MR) is 74.5 cm³/mol. The number of carbonyl (C=O) groups is 1. The van der Waals surface area contributed by atoms with Gasteiger partial charge in [-0.1, -0.05) is 28.1 Å². The first-order valence-electron chi connectivity index (χ1n) is 6.38. The number of rotatable bonds is 4. The Bertz CT molecular complexity index is 416. The minimum absolute atomic E-state index is 0.130. The largest absolute Gasteiger partial charge is 0.465 e. The summed E-state index contributed by atoms with van der Waals surface area (Å²) in [5.41, 5.74) is 1.02. The second-order valence-electron chi connectivity index (χ2n) is 4.49. The lowest BCUT2D eigenvalue weighted by Gasteiger charge is -2.22. The standard InChI is InChI=1S/C14H18BrNO2/c1-2-18-14(17)13(12-7-4-8-16-12)10-5-3-6-11(15)9-10/h3,5-6,9,12-13,16H,2,4,7-8H2,1H3/t12-,13+/m0/s1. The summed E-state index contributed by atoms with van der Waals surface area (Å²) >= 11 is 3.45. The summed E-state index contributed by atoms with van der Waals surface area (Å²) < 4.78 is 6.21. The minimum Gasteiger partial charge on any atom is -0.465 e. The van der Waals surface area contributed by atoms with Crippen LogP contribution in [0.5, 0.6) is 0 Å². The van der Waals surface area contributed by atoms with E-state index in [0.29, 0.717) is 6.61 Å². The summed E-state index contributed by atoms with van der Waals surface area (Å²) in [6.45, 7) is 3.25. The lowest BCUT2D eigenvalue weighted by Crippen LogP contribution is -2.35. The highest BCUT2D eigenvalue weighted by Gasteiger charge is 2.32. The van der Waals surface area contributed by atoms with Crippen LogP contribution in [0.15, 0.2) is 28.7 Å². The lowest BCUT2D eigenvalue weighted by atomic mass is 9.90. The smallest absolute Gasteiger partial charge is 0.315 e. The lowest BCUT2D eigenvalue weighted by molar-refractivity contribution is -0.145. The highest BCUT2D eigenvalue weighted by atomic mass is 79.9. The van der Waals surface area contributed by atoms with E-state index in [0.717, 1.165) is 29.4 Å². The molecule has 1 saturated heterocycles. The molecule has 0 unspecified atom stereocenters. The fourth-order valence-electron chi connectivity index (χ4n) is 2.46. The van der Waals surface area contributed by atoms with Gasteiger partial charge in [0.25, 0.3) is 0 Å². The van der Waals surface area contributed by atoms with Gasteiger partial charge in [-0.25, -0.2) is 0 Å². The summed E-state index contributed by atoms with van der Waals surface area (Å²) in [7, 11) is 0. The van der Waals surface area contributed by atoms with Crippen molar-refractivity contribution in [1.82, 2.24) is 5.32 Å². The van der Waals surface area contributed by atoms with E-state index in [1.807, 2.05) is 31.2 Å². The number of ether oxygens (including phenoxy) is 1. The second-order valence-corrected chi connectivity index (χ2v) is 5.40. The molecule has 2 atom stereocenters. The van der Waals surface area contributed by atoms with Crippen molar-refractivity contribution in [1.29, 1.82) is 0 Å². The molecule has 0 aliphatic carbocycles. The summed E-state index contributed by atoms with van der Waals surface area (Å²) in [4.78, 5) is 12.2. The van der Waals surface area contributed by atoms with Gasteiger partial charge in [0.15, 0.2) is 0 Å². The zero-order valence-electron chi connectivity index (χ0n) is 10.5. The maximum Gasteiger partial charge on any atom is 0.315 e. The van der Waals surface area contributed by atoms with Crippen LogP contribution in [-0.4, -0.2) is 25.2 Å². The molecule has 1 aliphatic rings. The van der Waals surface area contributed by atoms with Crippen LogP contribution in [0.4, 0.5) is 0 Å². The van der Waals surface area contributed by atoms with Crippen LogP contribution in [0.2, 0.25) is 0 Å². The molecular weight excluding hydrogens is 294 g/mol. The molecule has 0 spiro atoms. The van der Waals surface area contributed by atoms with Gasteiger partial charge in [0, 0.05) is 10.5 Å². The molecule has 1 aromatic rings. The van der Waals surface area contributed by atoms with Crippen LogP contribution in [0.1, 0.15) is 31.2 Å². The fourth-order valence-corrected chi connectivity index (χ4v) is 2.88. The third kappa shape index (κ3) is 3.12. The quantitative estimate of drug-likeness (QED) is 0.869. The Morgan fingerprint density at radius 2 is 2.44 bits per heavy atom. The molecule has 18 heavy (non-hydrogen) atoms. The Labute approximate surface area is 116 Å². The van der Waals surface area contributed by atoms with Crippen molar-refractivity contribution in [3.63, 3.8) is 0 Å².